The zero-order chi connectivity index (χ0) is 20.1. The summed E-state index contributed by atoms with van der Waals surface area (Å²) in [7, 11) is 1.77. The second-order valence-electron chi connectivity index (χ2n) is 8.19. The van der Waals surface area contributed by atoms with Crippen molar-refractivity contribution in [3.05, 3.63) is 42.4 Å². The van der Waals surface area contributed by atoms with Gasteiger partial charge in [-0.2, -0.15) is 0 Å². The fraction of sp³-hybridized carbons (Fsp3) is 0.609. The van der Waals surface area contributed by atoms with Gasteiger partial charge in [-0.05, 0) is 49.8 Å². The molecule has 2 aromatic heterocycles. The van der Waals surface area contributed by atoms with Gasteiger partial charge < -0.3 is 24.3 Å². The van der Waals surface area contributed by atoms with Crippen molar-refractivity contribution in [2.24, 2.45) is 0 Å². The monoisotopic (exact) mass is 398 g/mol. The average molecular weight is 399 g/mol. The highest BCUT2D eigenvalue weighted by molar-refractivity contribution is 5.80. The number of methoxy groups -OCH3 is 1. The van der Waals surface area contributed by atoms with Crippen molar-refractivity contribution in [1.82, 2.24) is 19.8 Å². The maximum absolute atomic E-state index is 5.98. The first-order valence-corrected chi connectivity index (χ1v) is 11.0. The molecule has 1 saturated heterocycles. The quantitative estimate of drug-likeness (QED) is 0.589. The van der Waals surface area contributed by atoms with Crippen LogP contribution in [0.3, 0.4) is 0 Å². The first kappa shape index (κ1) is 20.4. The molecule has 1 atom stereocenters. The Balaban J connectivity index is 1.49. The molecule has 29 heavy (non-hydrogen) atoms. The molecule has 0 amide bonds. The van der Waals surface area contributed by atoms with E-state index in [1.165, 1.54) is 30.2 Å². The van der Waals surface area contributed by atoms with Gasteiger partial charge in [0.15, 0.2) is 0 Å². The van der Waals surface area contributed by atoms with Crippen LogP contribution in [0.1, 0.15) is 37.7 Å². The van der Waals surface area contributed by atoms with Crippen LogP contribution in [0.4, 0.5) is 0 Å². The lowest BCUT2D eigenvalue weighted by Crippen LogP contribution is -2.43. The van der Waals surface area contributed by atoms with E-state index in [1.807, 2.05) is 12.3 Å². The third-order valence-electron chi connectivity index (χ3n) is 5.96. The largest absolute Gasteiger partial charge is 0.385 e. The minimum Gasteiger partial charge on any atom is -0.385 e. The number of rotatable bonds is 11. The molecule has 1 saturated carbocycles. The molecule has 2 fully saturated rings. The van der Waals surface area contributed by atoms with Gasteiger partial charge >= 0.3 is 0 Å². The predicted molar refractivity (Wildman–Crippen MR) is 116 cm³/mol. The number of hydrogen-bond acceptors (Lipinski definition) is 5. The zero-order valence-electron chi connectivity index (χ0n) is 17.6. The van der Waals surface area contributed by atoms with Crippen molar-refractivity contribution in [1.29, 1.82) is 0 Å². The molecule has 2 aliphatic rings. The Morgan fingerprint density at radius 1 is 1.38 bits per heavy atom. The minimum atomic E-state index is 0.0802. The third kappa shape index (κ3) is 5.00. The van der Waals surface area contributed by atoms with Crippen molar-refractivity contribution in [3.63, 3.8) is 0 Å². The number of hydrogen-bond donors (Lipinski definition) is 1. The summed E-state index contributed by atoms with van der Waals surface area (Å²) >= 11 is 0. The van der Waals surface area contributed by atoms with Crippen molar-refractivity contribution in [3.8, 4) is 0 Å². The summed E-state index contributed by atoms with van der Waals surface area (Å²) < 4.78 is 13.5. The summed E-state index contributed by atoms with van der Waals surface area (Å²) in [5, 5.41) is 4.68. The second-order valence-corrected chi connectivity index (χ2v) is 8.19. The summed E-state index contributed by atoms with van der Waals surface area (Å²) in [6.45, 7) is 9.68. The van der Waals surface area contributed by atoms with Crippen molar-refractivity contribution in [2.45, 2.75) is 57.3 Å². The number of aryl methyl sites for hydroxylation is 1. The normalized spacial score (nSPS) is 19.6. The van der Waals surface area contributed by atoms with Crippen LogP contribution >= 0.6 is 0 Å². The smallest absolute Gasteiger partial charge is 0.140 e. The lowest BCUT2D eigenvalue weighted by atomic mass is 10.1. The van der Waals surface area contributed by atoms with Crippen LogP contribution in [-0.4, -0.2) is 60.0 Å². The van der Waals surface area contributed by atoms with E-state index in [1.54, 1.807) is 7.11 Å². The van der Waals surface area contributed by atoms with Gasteiger partial charge in [0, 0.05) is 69.4 Å². The van der Waals surface area contributed by atoms with Crippen molar-refractivity contribution in [2.75, 3.05) is 33.4 Å². The van der Waals surface area contributed by atoms with Crippen LogP contribution in [0.5, 0.6) is 0 Å². The number of morpholine rings is 1. The van der Waals surface area contributed by atoms with Gasteiger partial charge in [-0.25, -0.2) is 4.98 Å². The molecule has 4 rings (SSSR count). The molecule has 0 spiro atoms. The highest BCUT2D eigenvalue weighted by Gasteiger charge is 2.33. The molecule has 2 aromatic rings. The standard InChI is InChI=1S/C23H34N4O2/c1-18(22-15-24-11-14-29-22)27(20-8-9-20)17-19-16-26(12-4-3-5-13-28-2)23-21(19)7-6-10-25-23/h6-7,10,16,20,22,24H,1,3-5,8-9,11-15,17H2,2H3/t22-/m1/s1. The molecule has 1 aliphatic carbocycles. The Morgan fingerprint density at radius 2 is 2.28 bits per heavy atom. The number of aromatic nitrogens is 2. The van der Waals surface area contributed by atoms with Crippen LogP contribution in [0.15, 0.2) is 36.8 Å². The number of pyridine rings is 1. The maximum atomic E-state index is 5.98. The molecule has 0 bridgehead atoms. The Labute approximate surface area is 173 Å². The summed E-state index contributed by atoms with van der Waals surface area (Å²) in [6.07, 6.45) is 10.2. The third-order valence-corrected chi connectivity index (χ3v) is 5.96. The fourth-order valence-corrected chi connectivity index (χ4v) is 4.20. The van der Waals surface area contributed by atoms with Crippen LogP contribution in [-0.2, 0) is 22.6 Å². The van der Waals surface area contributed by atoms with Crippen LogP contribution in [0, 0.1) is 0 Å². The molecule has 6 heteroatoms. The van der Waals surface area contributed by atoms with E-state index in [-0.39, 0.29) is 6.10 Å². The van der Waals surface area contributed by atoms with Gasteiger partial charge in [0.1, 0.15) is 11.8 Å². The molecule has 1 aliphatic heterocycles. The Bertz CT molecular complexity index is 808. The lowest BCUT2D eigenvalue weighted by Gasteiger charge is -2.34. The van der Waals surface area contributed by atoms with Gasteiger partial charge in [-0.15, -0.1) is 0 Å². The molecule has 0 aromatic carbocycles. The van der Waals surface area contributed by atoms with Crippen LogP contribution in [0.25, 0.3) is 11.0 Å². The van der Waals surface area contributed by atoms with Gasteiger partial charge in [0.2, 0.25) is 0 Å². The summed E-state index contributed by atoms with van der Waals surface area (Å²) in [5.41, 5.74) is 3.54. The van der Waals surface area contributed by atoms with Crippen LogP contribution in [0.2, 0.25) is 0 Å². The van der Waals surface area contributed by atoms with E-state index in [0.29, 0.717) is 6.04 Å². The van der Waals surface area contributed by atoms with Crippen molar-refractivity contribution >= 4 is 11.0 Å². The number of unbranched alkanes of at least 4 members (excludes halogenated alkanes) is 2. The molecule has 1 N–H and O–H groups in total. The topological polar surface area (TPSA) is 51.5 Å². The van der Waals surface area contributed by atoms with E-state index >= 15 is 0 Å². The number of fused-ring (bicyclic) bond motifs is 1. The van der Waals surface area contributed by atoms with Gasteiger partial charge in [0.25, 0.3) is 0 Å². The molecule has 0 radical (unpaired) electrons. The highest BCUT2D eigenvalue weighted by Crippen LogP contribution is 2.34. The Kier molecular flexibility index (Phi) is 6.85. The van der Waals surface area contributed by atoms with Gasteiger partial charge in [0.05, 0.1) is 6.61 Å². The average Bonchev–Trinajstić information content (AvgIpc) is 3.55. The maximum Gasteiger partial charge on any atom is 0.140 e. The first-order valence-electron chi connectivity index (χ1n) is 11.0. The number of ether oxygens (including phenoxy) is 2. The van der Waals surface area contributed by atoms with Gasteiger partial charge in [-0.3, -0.25) is 0 Å². The van der Waals surface area contributed by atoms with Crippen molar-refractivity contribution < 1.29 is 9.47 Å². The molecule has 158 valence electrons. The number of nitrogens with one attached hydrogen (secondary N) is 1. The Morgan fingerprint density at radius 3 is 3.03 bits per heavy atom. The zero-order valence-corrected chi connectivity index (χ0v) is 17.6. The highest BCUT2D eigenvalue weighted by atomic mass is 16.5. The minimum absolute atomic E-state index is 0.0802. The summed E-state index contributed by atoms with van der Waals surface area (Å²) in [5.74, 6) is 0. The predicted octanol–water partition coefficient (Wildman–Crippen LogP) is 3.32. The second kappa shape index (κ2) is 9.74. The van der Waals surface area contributed by atoms with Crippen LogP contribution < -0.4 is 5.32 Å². The first-order chi connectivity index (χ1) is 14.3. The van der Waals surface area contributed by atoms with E-state index < -0.39 is 0 Å². The summed E-state index contributed by atoms with van der Waals surface area (Å²) in [6, 6.07) is 4.84. The fourth-order valence-electron chi connectivity index (χ4n) is 4.20. The molecule has 3 heterocycles. The molecule has 6 nitrogen and oxygen atoms in total. The Hall–Kier alpha value is -1.89. The van der Waals surface area contributed by atoms with Gasteiger partial charge in [-0.1, -0.05) is 6.58 Å². The van der Waals surface area contributed by atoms with E-state index in [0.717, 1.165) is 63.6 Å². The molecular weight excluding hydrogens is 364 g/mol. The van der Waals surface area contributed by atoms with E-state index in [9.17, 15) is 0 Å². The SMILES string of the molecule is C=C([C@H]1CNCCO1)N(Cc1cn(CCCCCOC)c2ncccc12)C1CC1. The lowest BCUT2D eigenvalue weighted by molar-refractivity contribution is 0.0315. The summed E-state index contributed by atoms with van der Waals surface area (Å²) in [4.78, 5) is 7.16. The molecular formula is C23H34N4O2. The van der Waals surface area contributed by atoms with E-state index in [2.05, 4.69) is 38.6 Å². The molecule has 0 unspecified atom stereocenters. The van der Waals surface area contributed by atoms with E-state index in [4.69, 9.17) is 9.47 Å². The number of nitrogens with zero attached hydrogens (tertiary/aromatic N) is 3.